The average molecular weight is 288 g/mol. The van der Waals surface area contributed by atoms with E-state index in [9.17, 15) is 0 Å². The standard InChI is InChI=1S/C15H20N4S/c1-12-6-7-16-15(17-12)18-13-4-2-8-19(10-13)11-14-5-3-9-20-14/h3,5-7,9,13H,2,4,8,10-11H2,1H3,(H,16,17,18)/t13-/m1/s1. The van der Waals surface area contributed by atoms with Crippen LogP contribution < -0.4 is 5.32 Å². The number of thiophene rings is 1. The lowest BCUT2D eigenvalue weighted by Gasteiger charge is -2.32. The van der Waals surface area contributed by atoms with Crippen LogP contribution in [0.15, 0.2) is 29.8 Å². The fraction of sp³-hybridized carbons (Fsp3) is 0.467. The van der Waals surface area contributed by atoms with Crippen LogP contribution in [0.3, 0.4) is 0 Å². The van der Waals surface area contributed by atoms with E-state index in [4.69, 9.17) is 0 Å². The summed E-state index contributed by atoms with van der Waals surface area (Å²) in [4.78, 5) is 12.7. The van der Waals surface area contributed by atoms with Gasteiger partial charge in [-0.2, -0.15) is 0 Å². The molecule has 2 aromatic heterocycles. The lowest BCUT2D eigenvalue weighted by atomic mass is 10.1. The Morgan fingerprint density at radius 1 is 1.45 bits per heavy atom. The van der Waals surface area contributed by atoms with Crippen LogP contribution in [0.5, 0.6) is 0 Å². The summed E-state index contributed by atoms with van der Waals surface area (Å²) in [5.41, 5.74) is 1.01. The second kappa shape index (κ2) is 6.33. The van der Waals surface area contributed by atoms with Gasteiger partial charge in [0.25, 0.3) is 0 Å². The summed E-state index contributed by atoms with van der Waals surface area (Å²) < 4.78 is 0. The number of nitrogens with one attached hydrogen (secondary N) is 1. The Balaban J connectivity index is 1.57. The number of hydrogen-bond donors (Lipinski definition) is 1. The molecule has 5 heteroatoms. The van der Waals surface area contributed by atoms with Crippen molar-refractivity contribution in [2.75, 3.05) is 18.4 Å². The van der Waals surface area contributed by atoms with Crippen molar-refractivity contribution in [3.05, 3.63) is 40.3 Å². The van der Waals surface area contributed by atoms with Crippen LogP contribution >= 0.6 is 11.3 Å². The Labute approximate surface area is 123 Å². The van der Waals surface area contributed by atoms with E-state index in [0.717, 1.165) is 24.7 Å². The number of nitrogens with zero attached hydrogens (tertiary/aromatic N) is 3. The fourth-order valence-corrected chi connectivity index (χ4v) is 3.39. The highest BCUT2D eigenvalue weighted by molar-refractivity contribution is 7.09. The second-order valence-electron chi connectivity index (χ2n) is 5.32. The smallest absolute Gasteiger partial charge is 0.223 e. The van der Waals surface area contributed by atoms with Crippen LogP contribution in [0.25, 0.3) is 0 Å². The van der Waals surface area contributed by atoms with Gasteiger partial charge in [-0.15, -0.1) is 11.3 Å². The molecule has 0 amide bonds. The third-order valence-corrected chi connectivity index (χ3v) is 4.45. The van der Waals surface area contributed by atoms with Gasteiger partial charge in [-0.25, -0.2) is 9.97 Å². The van der Waals surface area contributed by atoms with Gasteiger partial charge in [0.1, 0.15) is 0 Å². The first-order valence-corrected chi connectivity index (χ1v) is 7.98. The highest BCUT2D eigenvalue weighted by Gasteiger charge is 2.20. The molecule has 1 aliphatic rings. The molecule has 1 saturated heterocycles. The van der Waals surface area contributed by atoms with Crippen LogP contribution in [0.2, 0.25) is 0 Å². The Morgan fingerprint density at radius 2 is 2.40 bits per heavy atom. The first kappa shape index (κ1) is 13.5. The van der Waals surface area contributed by atoms with Gasteiger partial charge >= 0.3 is 0 Å². The predicted molar refractivity (Wildman–Crippen MR) is 83.0 cm³/mol. The first-order chi connectivity index (χ1) is 9.79. The Bertz CT molecular complexity index is 541. The average Bonchev–Trinajstić information content (AvgIpc) is 2.92. The van der Waals surface area contributed by atoms with Crippen LogP contribution in [-0.4, -0.2) is 34.0 Å². The number of likely N-dealkylation sites (tertiary alicyclic amines) is 1. The summed E-state index contributed by atoms with van der Waals surface area (Å²) in [6, 6.07) is 6.71. The minimum atomic E-state index is 0.450. The molecule has 0 spiro atoms. The van der Waals surface area contributed by atoms with Crippen molar-refractivity contribution in [1.82, 2.24) is 14.9 Å². The molecule has 0 bridgehead atoms. The number of hydrogen-bond acceptors (Lipinski definition) is 5. The van der Waals surface area contributed by atoms with Crippen molar-refractivity contribution in [1.29, 1.82) is 0 Å². The summed E-state index contributed by atoms with van der Waals surface area (Å²) in [7, 11) is 0. The molecular formula is C15H20N4S. The summed E-state index contributed by atoms with van der Waals surface area (Å²) >= 11 is 1.84. The second-order valence-corrected chi connectivity index (χ2v) is 6.35. The van der Waals surface area contributed by atoms with Gasteiger partial charge in [0, 0.05) is 35.9 Å². The lowest BCUT2D eigenvalue weighted by molar-refractivity contribution is 0.210. The minimum absolute atomic E-state index is 0.450. The normalized spacial score (nSPS) is 19.9. The van der Waals surface area contributed by atoms with E-state index in [1.165, 1.54) is 24.3 Å². The zero-order valence-electron chi connectivity index (χ0n) is 11.7. The number of piperidine rings is 1. The predicted octanol–water partition coefficient (Wildman–Crippen LogP) is 2.92. The van der Waals surface area contributed by atoms with Gasteiger partial charge in [0.2, 0.25) is 5.95 Å². The Hall–Kier alpha value is -1.46. The molecule has 106 valence electrons. The van der Waals surface area contributed by atoms with Gasteiger partial charge in [-0.3, -0.25) is 4.90 Å². The molecule has 4 nitrogen and oxygen atoms in total. The van der Waals surface area contributed by atoms with Crippen molar-refractivity contribution in [3.8, 4) is 0 Å². The number of aryl methyl sites for hydroxylation is 1. The Kier molecular flexibility index (Phi) is 4.28. The van der Waals surface area contributed by atoms with E-state index in [1.807, 2.05) is 30.5 Å². The largest absolute Gasteiger partial charge is 0.350 e. The third-order valence-electron chi connectivity index (χ3n) is 3.59. The van der Waals surface area contributed by atoms with E-state index >= 15 is 0 Å². The van der Waals surface area contributed by atoms with Crippen molar-refractivity contribution < 1.29 is 0 Å². The lowest BCUT2D eigenvalue weighted by Crippen LogP contribution is -2.41. The van der Waals surface area contributed by atoms with Gasteiger partial charge < -0.3 is 5.32 Å². The van der Waals surface area contributed by atoms with Crippen molar-refractivity contribution in [2.24, 2.45) is 0 Å². The molecule has 1 N–H and O–H groups in total. The quantitative estimate of drug-likeness (QED) is 0.939. The third kappa shape index (κ3) is 3.55. The van der Waals surface area contributed by atoms with Crippen molar-refractivity contribution in [2.45, 2.75) is 32.4 Å². The van der Waals surface area contributed by atoms with Gasteiger partial charge in [-0.1, -0.05) is 6.07 Å². The maximum Gasteiger partial charge on any atom is 0.223 e. The highest BCUT2D eigenvalue weighted by atomic mass is 32.1. The summed E-state index contributed by atoms with van der Waals surface area (Å²) in [5, 5.41) is 5.62. The summed E-state index contributed by atoms with van der Waals surface area (Å²) in [6.45, 7) is 5.31. The van der Waals surface area contributed by atoms with E-state index in [1.54, 1.807) is 0 Å². The molecule has 0 aliphatic carbocycles. The maximum atomic E-state index is 4.43. The summed E-state index contributed by atoms with van der Waals surface area (Å²) in [5.74, 6) is 0.757. The van der Waals surface area contributed by atoms with Crippen LogP contribution in [0, 0.1) is 6.92 Å². The minimum Gasteiger partial charge on any atom is -0.350 e. The topological polar surface area (TPSA) is 41.1 Å². The van der Waals surface area contributed by atoms with Crippen LogP contribution in [0.1, 0.15) is 23.4 Å². The first-order valence-electron chi connectivity index (χ1n) is 7.10. The van der Waals surface area contributed by atoms with E-state index in [0.29, 0.717) is 6.04 Å². The van der Waals surface area contributed by atoms with E-state index in [2.05, 4.69) is 37.7 Å². The van der Waals surface area contributed by atoms with Gasteiger partial charge in [0.15, 0.2) is 0 Å². The molecular weight excluding hydrogens is 268 g/mol. The zero-order valence-corrected chi connectivity index (χ0v) is 12.6. The van der Waals surface area contributed by atoms with Crippen LogP contribution in [-0.2, 0) is 6.54 Å². The monoisotopic (exact) mass is 288 g/mol. The van der Waals surface area contributed by atoms with E-state index in [-0.39, 0.29) is 0 Å². The molecule has 1 fully saturated rings. The molecule has 0 unspecified atom stereocenters. The maximum absolute atomic E-state index is 4.43. The Morgan fingerprint density at radius 3 is 3.20 bits per heavy atom. The molecule has 0 aromatic carbocycles. The molecule has 3 rings (SSSR count). The number of rotatable bonds is 4. The van der Waals surface area contributed by atoms with E-state index < -0.39 is 0 Å². The van der Waals surface area contributed by atoms with Gasteiger partial charge in [0.05, 0.1) is 0 Å². The highest BCUT2D eigenvalue weighted by Crippen LogP contribution is 2.18. The van der Waals surface area contributed by atoms with Crippen molar-refractivity contribution >= 4 is 17.3 Å². The molecule has 20 heavy (non-hydrogen) atoms. The summed E-state index contributed by atoms with van der Waals surface area (Å²) in [6.07, 6.45) is 4.24. The molecule has 1 atom stereocenters. The number of aromatic nitrogens is 2. The number of anilines is 1. The van der Waals surface area contributed by atoms with Crippen LogP contribution in [0.4, 0.5) is 5.95 Å². The zero-order chi connectivity index (χ0) is 13.8. The molecule has 0 saturated carbocycles. The molecule has 2 aromatic rings. The van der Waals surface area contributed by atoms with Crippen molar-refractivity contribution in [3.63, 3.8) is 0 Å². The molecule has 1 aliphatic heterocycles. The molecule has 3 heterocycles. The molecule has 0 radical (unpaired) electrons. The van der Waals surface area contributed by atoms with Gasteiger partial charge in [-0.05, 0) is 43.8 Å². The SMILES string of the molecule is Cc1ccnc(N[C@@H]2CCCN(Cc3cccs3)C2)n1. The fourth-order valence-electron chi connectivity index (χ4n) is 2.64.